The van der Waals surface area contributed by atoms with Gasteiger partial charge in [0.15, 0.2) is 0 Å². The van der Waals surface area contributed by atoms with Crippen LogP contribution < -0.4 is 4.74 Å². The quantitative estimate of drug-likeness (QED) is 0.775. The number of rotatable bonds is 4. The highest BCUT2D eigenvalue weighted by Crippen LogP contribution is 2.27. The van der Waals surface area contributed by atoms with Gasteiger partial charge in [0.25, 0.3) is 6.43 Å². The lowest BCUT2D eigenvalue weighted by Gasteiger charge is -2.07. The van der Waals surface area contributed by atoms with E-state index >= 15 is 0 Å². The van der Waals surface area contributed by atoms with E-state index in [1.807, 2.05) is 0 Å². The molecule has 0 saturated carbocycles. The molecule has 0 aliphatic heterocycles. The molecule has 2 aromatic rings. The van der Waals surface area contributed by atoms with E-state index in [9.17, 15) is 13.6 Å². The van der Waals surface area contributed by atoms with Crippen LogP contribution in [0.4, 0.5) is 8.78 Å². The van der Waals surface area contributed by atoms with Gasteiger partial charge in [-0.05, 0) is 29.3 Å². The minimum atomic E-state index is -2.48. The normalized spacial score (nSPS) is 10.5. The number of ether oxygens (including phenoxy) is 1. The van der Waals surface area contributed by atoms with Crippen molar-refractivity contribution in [3.05, 3.63) is 53.6 Å². The van der Waals surface area contributed by atoms with Crippen molar-refractivity contribution < 1.29 is 18.3 Å². The average Bonchev–Trinajstić information content (AvgIpc) is 2.46. The van der Waals surface area contributed by atoms with E-state index in [4.69, 9.17) is 4.74 Å². The third-order valence-electron chi connectivity index (χ3n) is 2.80. The summed E-state index contributed by atoms with van der Waals surface area (Å²) >= 11 is 0. The number of carbonyl (C=O) groups excluding carboxylic acids is 1. The second-order valence-electron chi connectivity index (χ2n) is 4.04. The van der Waals surface area contributed by atoms with Gasteiger partial charge in [0, 0.05) is 11.1 Å². The van der Waals surface area contributed by atoms with Gasteiger partial charge in [0.2, 0.25) is 0 Å². The van der Waals surface area contributed by atoms with Crippen molar-refractivity contribution in [3.8, 4) is 16.9 Å². The van der Waals surface area contributed by atoms with Gasteiger partial charge in [-0.25, -0.2) is 8.78 Å². The van der Waals surface area contributed by atoms with Crippen molar-refractivity contribution in [2.75, 3.05) is 7.11 Å². The monoisotopic (exact) mass is 262 g/mol. The highest BCUT2D eigenvalue weighted by Gasteiger charge is 2.08. The molecule has 0 spiro atoms. The first kappa shape index (κ1) is 13.2. The van der Waals surface area contributed by atoms with Crippen molar-refractivity contribution in [1.29, 1.82) is 0 Å². The molecule has 0 bridgehead atoms. The lowest BCUT2D eigenvalue weighted by Crippen LogP contribution is -1.89. The fourth-order valence-electron chi connectivity index (χ4n) is 1.80. The SMILES string of the molecule is COc1cc(C=O)cc(-c2ccc(C(F)F)cc2)c1. The topological polar surface area (TPSA) is 26.3 Å². The summed E-state index contributed by atoms with van der Waals surface area (Å²) in [6.07, 6.45) is -1.76. The number of hydrogen-bond donors (Lipinski definition) is 0. The third-order valence-corrected chi connectivity index (χ3v) is 2.80. The molecule has 0 saturated heterocycles. The lowest BCUT2D eigenvalue weighted by atomic mass is 10.0. The van der Waals surface area contributed by atoms with Crippen molar-refractivity contribution >= 4 is 6.29 Å². The fourth-order valence-corrected chi connectivity index (χ4v) is 1.80. The van der Waals surface area contributed by atoms with E-state index in [0.29, 0.717) is 11.3 Å². The number of alkyl halides is 2. The second kappa shape index (κ2) is 5.61. The number of methoxy groups -OCH3 is 1. The summed E-state index contributed by atoms with van der Waals surface area (Å²) in [6, 6.07) is 11.0. The Morgan fingerprint density at radius 3 is 2.26 bits per heavy atom. The van der Waals surface area contributed by atoms with Crippen LogP contribution in [-0.4, -0.2) is 13.4 Å². The van der Waals surface area contributed by atoms with E-state index in [1.165, 1.54) is 19.2 Å². The molecule has 0 N–H and O–H groups in total. The van der Waals surface area contributed by atoms with Crippen molar-refractivity contribution in [2.24, 2.45) is 0 Å². The standard InChI is InChI=1S/C15H12F2O2/c1-19-14-7-10(9-18)6-13(8-14)11-2-4-12(5-3-11)15(16)17/h2-9,15H,1H3. The number of hydrogen-bond acceptors (Lipinski definition) is 2. The molecule has 2 aromatic carbocycles. The Morgan fingerprint density at radius 1 is 1.05 bits per heavy atom. The lowest BCUT2D eigenvalue weighted by molar-refractivity contribution is 0.112. The van der Waals surface area contributed by atoms with Crippen LogP contribution in [0.25, 0.3) is 11.1 Å². The van der Waals surface area contributed by atoms with Crippen LogP contribution in [0.15, 0.2) is 42.5 Å². The highest BCUT2D eigenvalue weighted by atomic mass is 19.3. The molecule has 0 aliphatic carbocycles. The molecule has 0 amide bonds. The summed E-state index contributed by atoms with van der Waals surface area (Å²) in [6.45, 7) is 0. The first-order valence-electron chi connectivity index (χ1n) is 5.67. The molecule has 0 aromatic heterocycles. The Labute approximate surface area is 109 Å². The summed E-state index contributed by atoms with van der Waals surface area (Å²) in [7, 11) is 1.51. The average molecular weight is 262 g/mol. The maximum absolute atomic E-state index is 12.5. The molecular formula is C15H12F2O2. The predicted octanol–water partition coefficient (Wildman–Crippen LogP) is 4.11. The van der Waals surface area contributed by atoms with Crippen molar-refractivity contribution in [1.82, 2.24) is 0 Å². The Morgan fingerprint density at radius 2 is 1.74 bits per heavy atom. The molecule has 19 heavy (non-hydrogen) atoms. The Balaban J connectivity index is 2.42. The van der Waals surface area contributed by atoms with E-state index in [2.05, 4.69) is 0 Å². The molecule has 0 fully saturated rings. The zero-order valence-corrected chi connectivity index (χ0v) is 10.3. The summed E-state index contributed by atoms with van der Waals surface area (Å²) in [5, 5.41) is 0. The van der Waals surface area contributed by atoms with Crippen LogP contribution in [0.2, 0.25) is 0 Å². The van der Waals surface area contributed by atoms with Gasteiger partial charge in [-0.1, -0.05) is 24.3 Å². The third kappa shape index (κ3) is 2.96. The number of carbonyl (C=O) groups is 1. The molecule has 0 radical (unpaired) electrons. The molecule has 0 atom stereocenters. The van der Waals surface area contributed by atoms with Crippen LogP contribution >= 0.6 is 0 Å². The van der Waals surface area contributed by atoms with E-state index in [0.717, 1.165) is 17.4 Å². The van der Waals surface area contributed by atoms with E-state index in [1.54, 1.807) is 30.3 Å². The minimum absolute atomic E-state index is 0.0257. The van der Waals surface area contributed by atoms with Gasteiger partial charge < -0.3 is 4.74 Å². The number of benzene rings is 2. The van der Waals surface area contributed by atoms with Crippen LogP contribution in [-0.2, 0) is 0 Å². The van der Waals surface area contributed by atoms with Crippen LogP contribution in [0.1, 0.15) is 22.3 Å². The molecular weight excluding hydrogens is 250 g/mol. The maximum Gasteiger partial charge on any atom is 0.263 e. The Hall–Kier alpha value is -2.23. The van der Waals surface area contributed by atoms with Gasteiger partial charge in [0.1, 0.15) is 12.0 Å². The summed E-state index contributed by atoms with van der Waals surface area (Å²) in [5.41, 5.74) is 1.96. The molecule has 4 heteroatoms. The molecule has 0 unspecified atom stereocenters. The number of aldehydes is 1. The van der Waals surface area contributed by atoms with Gasteiger partial charge in [0.05, 0.1) is 7.11 Å². The Bertz CT molecular complexity index is 577. The predicted molar refractivity (Wildman–Crippen MR) is 68.8 cm³/mol. The Kier molecular flexibility index (Phi) is 3.90. The van der Waals surface area contributed by atoms with Crippen LogP contribution in [0, 0.1) is 0 Å². The van der Waals surface area contributed by atoms with Crippen LogP contribution in [0.5, 0.6) is 5.75 Å². The van der Waals surface area contributed by atoms with Crippen molar-refractivity contribution in [2.45, 2.75) is 6.43 Å². The smallest absolute Gasteiger partial charge is 0.263 e. The van der Waals surface area contributed by atoms with Crippen molar-refractivity contribution in [3.63, 3.8) is 0 Å². The van der Waals surface area contributed by atoms with Crippen LogP contribution in [0.3, 0.4) is 0 Å². The highest BCUT2D eigenvalue weighted by molar-refractivity contribution is 5.80. The molecule has 0 aliphatic rings. The molecule has 2 rings (SSSR count). The zero-order chi connectivity index (χ0) is 13.8. The summed E-state index contributed by atoms with van der Waals surface area (Å²) in [5.74, 6) is 0.553. The summed E-state index contributed by atoms with van der Waals surface area (Å²) < 4.78 is 30.0. The van der Waals surface area contributed by atoms with Gasteiger partial charge in [-0.2, -0.15) is 0 Å². The minimum Gasteiger partial charge on any atom is -0.497 e. The van der Waals surface area contributed by atoms with E-state index in [-0.39, 0.29) is 5.56 Å². The summed E-state index contributed by atoms with van der Waals surface area (Å²) in [4.78, 5) is 10.8. The fraction of sp³-hybridized carbons (Fsp3) is 0.133. The largest absolute Gasteiger partial charge is 0.497 e. The maximum atomic E-state index is 12.5. The second-order valence-corrected chi connectivity index (χ2v) is 4.04. The first-order chi connectivity index (χ1) is 9.13. The zero-order valence-electron chi connectivity index (χ0n) is 10.3. The molecule has 0 heterocycles. The number of halogens is 2. The first-order valence-corrected chi connectivity index (χ1v) is 5.67. The van der Waals surface area contributed by atoms with E-state index < -0.39 is 6.43 Å². The molecule has 98 valence electrons. The van der Waals surface area contributed by atoms with Gasteiger partial charge >= 0.3 is 0 Å². The van der Waals surface area contributed by atoms with Gasteiger partial charge in [-0.3, -0.25) is 4.79 Å². The molecule has 2 nitrogen and oxygen atoms in total. The van der Waals surface area contributed by atoms with Gasteiger partial charge in [-0.15, -0.1) is 0 Å².